The van der Waals surface area contributed by atoms with Gasteiger partial charge >= 0.3 is 0 Å². The molecule has 1 aromatic carbocycles. The van der Waals surface area contributed by atoms with E-state index in [1.54, 1.807) is 11.8 Å². The normalized spacial score (nSPS) is 12.8. The Balaban J connectivity index is 2.46. The van der Waals surface area contributed by atoms with E-state index >= 15 is 0 Å². The van der Waals surface area contributed by atoms with Crippen LogP contribution >= 0.6 is 11.8 Å². The van der Waals surface area contributed by atoms with Gasteiger partial charge in [0.05, 0.1) is 6.10 Å². The van der Waals surface area contributed by atoms with Crippen molar-refractivity contribution in [3.63, 3.8) is 0 Å². The average Bonchev–Trinajstić information content (AvgIpc) is 2.23. The molecule has 1 unspecified atom stereocenters. The molecule has 0 spiro atoms. The third-order valence-electron chi connectivity index (χ3n) is 2.32. The SMILES string of the molecule is Cc1ccc(C)c(SCCC(O)CN)c1. The number of hydrogen-bond acceptors (Lipinski definition) is 3. The van der Waals surface area contributed by atoms with Crippen LogP contribution in [0.1, 0.15) is 17.5 Å². The van der Waals surface area contributed by atoms with Gasteiger partial charge in [-0.3, -0.25) is 0 Å². The summed E-state index contributed by atoms with van der Waals surface area (Å²) in [4.78, 5) is 1.30. The van der Waals surface area contributed by atoms with Gasteiger partial charge in [0, 0.05) is 17.2 Å². The number of aliphatic hydroxyl groups is 1. The predicted molar refractivity (Wildman–Crippen MR) is 66.3 cm³/mol. The Bertz CT molecular complexity index is 314. The molecule has 0 fully saturated rings. The minimum atomic E-state index is -0.359. The maximum atomic E-state index is 9.32. The molecule has 0 amide bonds. The molecule has 0 heterocycles. The fourth-order valence-electron chi connectivity index (χ4n) is 1.29. The van der Waals surface area contributed by atoms with E-state index < -0.39 is 0 Å². The average molecular weight is 225 g/mol. The van der Waals surface area contributed by atoms with E-state index in [4.69, 9.17) is 5.73 Å². The Morgan fingerprint density at radius 1 is 1.40 bits per heavy atom. The van der Waals surface area contributed by atoms with E-state index in [0.29, 0.717) is 6.54 Å². The molecule has 0 aliphatic heterocycles. The van der Waals surface area contributed by atoms with Gasteiger partial charge in [-0.15, -0.1) is 11.8 Å². The first-order chi connectivity index (χ1) is 7.13. The molecular weight excluding hydrogens is 206 g/mol. The highest BCUT2D eigenvalue weighted by Crippen LogP contribution is 2.24. The third kappa shape index (κ3) is 4.24. The number of benzene rings is 1. The highest BCUT2D eigenvalue weighted by molar-refractivity contribution is 7.99. The van der Waals surface area contributed by atoms with Crippen LogP contribution in [0.2, 0.25) is 0 Å². The van der Waals surface area contributed by atoms with Crippen LogP contribution in [-0.4, -0.2) is 23.5 Å². The summed E-state index contributed by atoms with van der Waals surface area (Å²) in [6.45, 7) is 4.56. The second-order valence-corrected chi connectivity index (χ2v) is 4.93. The molecule has 1 aromatic rings. The van der Waals surface area contributed by atoms with Crippen molar-refractivity contribution in [3.8, 4) is 0 Å². The second-order valence-electron chi connectivity index (χ2n) is 3.80. The van der Waals surface area contributed by atoms with Crippen LogP contribution in [0, 0.1) is 13.8 Å². The van der Waals surface area contributed by atoms with E-state index in [1.807, 2.05) is 0 Å². The number of aryl methyl sites for hydroxylation is 2. The van der Waals surface area contributed by atoms with E-state index in [-0.39, 0.29) is 6.10 Å². The summed E-state index contributed by atoms with van der Waals surface area (Å²) in [6, 6.07) is 6.44. The monoisotopic (exact) mass is 225 g/mol. The Kier molecular flexibility index (Phi) is 5.15. The molecule has 0 aliphatic rings. The smallest absolute Gasteiger partial charge is 0.0670 e. The van der Waals surface area contributed by atoms with Gasteiger partial charge in [0.2, 0.25) is 0 Å². The van der Waals surface area contributed by atoms with Gasteiger partial charge in [-0.1, -0.05) is 17.7 Å². The van der Waals surface area contributed by atoms with Crippen molar-refractivity contribution in [1.29, 1.82) is 0 Å². The highest BCUT2D eigenvalue weighted by Gasteiger charge is 2.03. The van der Waals surface area contributed by atoms with Crippen molar-refractivity contribution in [2.24, 2.45) is 5.73 Å². The van der Waals surface area contributed by atoms with Crippen LogP contribution in [0.5, 0.6) is 0 Å². The Morgan fingerprint density at radius 3 is 2.80 bits per heavy atom. The lowest BCUT2D eigenvalue weighted by Crippen LogP contribution is -2.20. The second kappa shape index (κ2) is 6.16. The summed E-state index contributed by atoms with van der Waals surface area (Å²) in [7, 11) is 0. The Morgan fingerprint density at radius 2 is 2.13 bits per heavy atom. The summed E-state index contributed by atoms with van der Waals surface area (Å²) in [6.07, 6.45) is 0.400. The van der Waals surface area contributed by atoms with Gasteiger partial charge in [-0.05, 0) is 31.9 Å². The summed E-state index contributed by atoms with van der Waals surface area (Å²) in [5.41, 5.74) is 7.93. The lowest BCUT2D eigenvalue weighted by atomic mass is 10.2. The van der Waals surface area contributed by atoms with E-state index in [9.17, 15) is 5.11 Å². The molecule has 0 saturated heterocycles. The van der Waals surface area contributed by atoms with Crippen molar-refractivity contribution in [1.82, 2.24) is 0 Å². The fraction of sp³-hybridized carbons (Fsp3) is 0.500. The minimum Gasteiger partial charge on any atom is -0.392 e. The lowest BCUT2D eigenvalue weighted by Gasteiger charge is -2.09. The maximum Gasteiger partial charge on any atom is 0.0670 e. The maximum absolute atomic E-state index is 9.32. The number of nitrogens with two attached hydrogens (primary N) is 1. The van der Waals surface area contributed by atoms with Crippen LogP contribution in [0.4, 0.5) is 0 Å². The van der Waals surface area contributed by atoms with E-state index in [2.05, 4.69) is 32.0 Å². The molecule has 0 aliphatic carbocycles. The van der Waals surface area contributed by atoms with Crippen LogP contribution in [0.3, 0.4) is 0 Å². The molecule has 84 valence electrons. The summed E-state index contributed by atoms with van der Waals surface area (Å²) in [5.74, 6) is 0.919. The molecule has 3 heteroatoms. The summed E-state index contributed by atoms with van der Waals surface area (Å²) < 4.78 is 0. The number of aliphatic hydroxyl groups excluding tert-OH is 1. The van der Waals surface area contributed by atoms with Gasteiger partial charge in [0.25, 0.3) is 0 Å². The molecule has 0 radical (unpaired) electrons. The van der Waals surface area contributed by atoms with Gasteiger partial charge in [0.1, 0.15) is 0 Å². The standard InChI is InChI=1S/C12H19NOS/c1-9-3-4-10(2)12(7-9)15-6-5-11(14)8-13/h3-4,7,11,14H,5-6,8,13H2,1-2H3. The molecular formula is C12H19NOS. The van der Waals surface area contributed by atoms with Crippen molar-refractivity contribution in [2.45, 2.75) is 31.3 Å². The van der Waals surface area contributed by atoms with E-state index in [0.717, 1.165) is 12.2 Å². The van der Waals surface area contributed by atoms with Crippen molar-refractivity contribution >= 4 is 11.8 Å². The fourth-order valence-corrected chi connectivity index (χ4v) is 2.46. The van der Waals surface area contributed by atoms with Gasteiger partial charge in [0.15, 0.2) is 0 Å². The van der Waals surface area contributed by atoms with Crippen LogP contribution in [0.25, 0.3) is 0 Å². The third-order valence-corrected chi connectivity index (χ3v) is 3.52. The number of thioether (sulfide) groups is 1. The first-order valence-electron chi connectivity index (χ1n) is 5.21. The molecule has 15 heavy (non-hydrogen) atoms. The molecule has 1 rings (SSSR count). The quantitative estimate of drug-likeness (QED) is 0.754. The lowest BCUT2D eigenvalue weighted by molar-refractivity contribution is 0.180. The molecule has 0 saturated carbocycles. The molecule has 0 aromatic heterocycles. The molecule has 3 N–H and O–H groups in total. The number of hydrogen-bond donors (Lipinski definition) is 2. The first kappa shape index (κ1) is 12.6. The Hall–Kier alpha value is -0.510. The van der Waals surface area contributed by atoms with Gasteiger partial charge in [-0.25, -0.2) is 0 Å². The van der Waals surface area contributed by atoms with Crippen molar-refractivity contribution in [2.75, 3.05) is 12.3 Å². The zero-order chi connectivity index (χ0) is 11.3. The predicted octanol–water partition coefficient (Wildman–Crippen LogP) is 2.11. The van der Waals surface area contributed by atoms with Gasteiger partial charge in [-0.2, -0.15) is 0 Å². The van der Waals surface area contributed by atoms with Crippen LogP contribution in [-0.2, 0) is 0 Å². The molecule has 0 bridgehead atoms. The molecule has 2 nitrogen and oxygen atoms in total. The van der Waals surface area contributed by atoms with E-state index in [1.165, 1.54) is 16.0 Å². The topological polar surface area (TPSA) is 46.2 Å². The van der Waals surface area contributed by atoms with Crippen LogP contribution < -0.4 is 5.73 Å². The Labute approximate surface area is 95.9 Å². The van der Waals surface area contributed by atoms with Crippen LogP contribution in [0.15, 0.2) is 23.1 Å². The highest BCUT2D eigenvalue weighted by atomic mass is 32.2. The minimum absolute atomic E-state index is 0.355. The summed E-state index contributed by atoms with van der Waals surface area (Å²) >= 11 is 1.79. The summed E-state index contributed by atoms with van der Waals surface area (Å²) in [5, 5.41) is 9.32. The first-order valence-corrected chi connectivity index (χ1v) is 6.20. The number of rotatable bonds is 5. The zero-order valence-corrected chi connectivity index (χ0v) is 10.2. The van der Waals surface area contributed by atoms with Crippen molar-refractivity contribution in [3.05, 3.63) is 29.3 Å². The van der Waals surface area contributed by atoms with Gasteiger partial charge < -0.3 is 10.8 Å². The van der Waals surface area contributed by atoms with Crippen molar-refractivity contribution < 1.29 is 5.11 Å². The largest absolute Gasteiger partial charge is 0.392 e. The molecule has 1 atom stereocenters. The zero-order valence-electron chi connectivity index (χ0n) is 9.36.